The van der Waals surface area contributed by atoms with Crippen molar-refractivity contribution in [1.82, 2.24) is 0 Å². The number of rotatable bonds is 6. The first-order valence-corrected chi connectivity index (χ1v) is 9.90. The first-order chi connectivity index (χ1) is 11.3. The van der Waals surface area contributed by atoms with Crippen molar-refractivity contribution < 1.29 is 14.2 Å². The predicted octanol–water partition coefficient (Wildman–Crippen LogP) is 4.69. The van der Waals surface area contributed by atoms with Crippen LogP contribution in [0.5, 0.6) is 0 Å². The van der Waals surface area contributed by atoms with E-state index in [0.29, 0.717) is 5.30 Å². The minimum absolute atomic E-state index is 0.186. The monoisotopic (exact) mass is 387 g/mol. The molecule has 2 atom stereocenters. The lowest BCUT2D eigenvalue weighted by Gasteiger charge is -2.25. The first-order valence-electron chi connectivity index (χ1n) is 7.45. The molecule has 4 nitrogen and oxygen atoms in total. The molecule has 24 heavy (non-hydrogen) atoms. The Morgan fingerprint density at radius 1 is 1.12 bits per heavy atom. The summed E-state index contributed by atoms with van der Waals surface area (Å²) >= 11 is 12.3. The van der Waals surface area contributed by atoms with Gasteiger partial charge in [0.25, 0.3) is 7.37 Å². The van der Waals surface area contributed by atoms with E-state index in [1.165, 1.54) is 0 Å². The van der Waals surface area contributed by atoms with E-state index < -0.39 is 13.2 Å². The fourth-order valence-electron chi connectivity index (χ4n) is 2.36. The van der Waals surface area contributed by atoms with E-state index >= 15 is 0 Å². The number of halogens is 2. The number of benzene rings is 2. The van der Waals surface area contributed by atoms with Gasteiger partial charge in [-0.1, -0.05) is 29.3 Å². The van der Waals surface area contributed by atoms with Crippen LogP contribution in [0.25, 0.3) is 0 Å². The summed E-state index contributed by atoms with van der Waals surface area (Å²) in [5.74, 6) is -1.44. The fourth-order valence-corrected chi connectivity index (χ4v) is 5.26. The molecular formula is C17H20Cl2NO3P. The smallest absolute Gasteiger partial charge is 0.264 e. The third-order valence-corrected chi connectivity index (χ3v) is 6.85. The average molecular weight is 388 g/mol. The van der Waals surface area contributed by atoms with Crippen LogP contribution >= 0.6 is 30.6 Å². The number of aliphatic hydroxyl groups excluding tert-OH is 1. The zero-order valence-corrected chi connectivity index (χ0v) is 16.1. The van der Waals surface area contributed by atoms with Gasteiger partial charge >= 0.3 is 0 Å². The van der Waals surface area contributed by atoms with Crippen LogP contribution < -0.4 is 10.2 Å². The number of nitrogens with zero attached hydrogens (tertiary/aromatic N) is 1. The van der Waals surface area contributed by atoms with Gasteiger partial charge in [-0.05, 0) is 43.3 Å². The van der Waals surface area contributed by atoms with Crippen LogP contribution in [0.2, 0.25) is 10.0 Å². The molecule has 7 heteroatoms. The zero-order valence-electron chi connectivity index (χ0n) is 13.7. The second-order valence-electron chi connectivity index (χ2n) is 5.43. The highest BCUT2D eigenvalue weighted by Crippen LogP contribution is 2.59. The molecule has 2 aromatic rings. The maximum Gasteiger partial charge on any atom is 0.264 e. The van der Waals surface area contributed by atoms with Gasteiger partial charge in [0.05, 0.1) is 6.61 Å². The lowest BCUT2D eigenvalue weighted by molar-refractivity contribution is 0.218. The molecule has 0 aliphatic rings. The Bertz CT molecular complexity index is 730. The first kappa shape index (κ1) is 19.3. The summed E-state index contributed by atoms with van der Waals surface area (Å²) in [6, 6.07) is 11.9. The molecule has 0 aliphatic carbocycles. The molecule has 130 valence electrons. The minimum Gasteiger partial charge on any atom is -0.378 e. The molecule has 0 radical (unpaired) electrons. The molecule has 0 amide bonds. The number of aliphatic hydroxyl groups is 1. The van der Waals surface area contributed by atoms with E-state index in [2.05, 4.69) is 0 Å². The van der Waals surface area contributed by atoms with E-state index in [-0.39, 0.29) is 22.2 Å². The Morgan fingerprint density at radius 3 is 2.12 bits per heavy atom. The van der Waals surface area contributed by atoms with E-state index in [1.807, 2.05) is 31.1 Å². The van der Waals surface area contributed by atoms with Crippen LogP contribution in [0.1, 0.15) is 18.3 Å². The summed E-state index contributed by atoms with van der Waals surface area (Å²) in [7, 11) is 0.204. The Balaban J connectivity index is 2.52. The van der Waals surface area contributed by atoms with Crippen molar-refractivity contribution in [1.29, 1.82) is 0 Å². The van der Waals surface area contributed by atoms with Crippen LogP contribution in [0.4, 0.5) is 5.69 Å². The van der Waals surface area contributed by atoms with Gasteiger partial charge in [0.2, 0.25) is 0 Å². The van der Waals surface area contributed by atoms with Crippen LogP contribution in [-0.4, -0.2) is 25.8 Å². The summed E-state index contributed by atoms with van der Waals surface area (Å²) in [5, 5.41) is 11.7. The van der Waals surface area contributed by atoms with Gasteiger partial charge in [-0.25, -0.2) is 0 Å². The lowest BCUT2D eigenvalue weighted by Crippen LogP contribution is -2.16. The van der Waals surface area contributed by atoms with E-state index in [1.54, 1.807) is 37.3 Å². The maximum absolute atomic E-state index is 13.5. The Hall–Kier alpha value is -1.03. The van der Waals surface area contributed by atoms with Gasteiger partial charge in [-0.2, -0.15) is 0 Å². The van der Waals surface area contributed by atoms with Gasteiger partial charge in [0, 0.05) is 40.7 Å². The highest BCUT2D eigenvalue weighted by atomic mass is 35.5. The van der Waals surface area contributed by atoms with Gasteiger partial charge in [-0.3, -0.25) is 4.57 Å². The van der Waals surface area contributed by atoms with Gasteiger partial charge in [0.15, 0.2) is 5.85 Å². The van der Waals surface area contributed by atoms with Crippen LogP contribution in [0, 0.1) is 0 Å². The molecule has 0 aliphatic heterocycles. The van der Waals surface area contributed by atoms with Crippen LogP contribution in [0.15, 0.2) is 42.5 Å². The van der Waals surface area contributed by atoms with E-state index in [9.17, 15) is 9.67 Å². The summed E-state index contributed by atoms with van der Waals surface area (Å²) in [6.07, 6.45) is 0. The molecule has 0 saturated carbocycles. The molecule has 0 heterocycles. The van der Waals surface area contributed by atoms with Crippen LogP contribution in [0.3, 0.4) is 0 Å². The quantitative estimate of drug-likeness (QED) is 0.730. The average Bonchev–Trinajstić information content (AvgIpc) is 2.54. The SMILES string of the molecule is CCO[P@](=O)(c1ccc(N(C)C)cc1)[C@H](O)c1c(Cl)cccc1Cl. The zero-order chi connectivity index (χ0) is 17.9. The van der Waals surface area contributed by atoms with Gasteiger partial charge < -0.3 is 14.5 Å². The molecule has 0 saturated heterocycles. The minimum atomic E-state index is -3.62. The molecular weight excluding hydrogens is 368 g/mol. The number of hydrogen-bond donors (Lipinski definition) is 1. The lowest BCUT2D eigenvalue weighted by atomic mass is 10.2. The molecule has 0 bridgehead atoms. The van der Waals surface area contributed by atoms with Crippen LogP contribution in [-0.2, 0) is 9.09 Å². The summed E-state index contributed by atoms with van der Waals surface area (Å²) in [6.45, 7) is 1.91. The molecule has 2 aromatic carbocycles. The van der Waals surface area contributed by atoms with Crippen molar-refractivity contribution in [3.63, 3.8) is 0 Å². The fraction of sp³-hybridized carbons (Fsp3) is 0.294. The molecule has 0 aromatic heterocycles. The highest BCUT2D eigenvalue weighted by Gasteiger charge is 2.38. The standard InChI is InChI=1S/C17H20Cl2NO3P/c1-4-23-24(22,13-10-8-12(9-11-13)20(2)3)17(21)16-14(18)6-5-7-15(16)19/h5-11,17,21H,4H2,1-3H3/t17-,24+/m0/s1. The molecule has 1 N–H and O–H groups in total. The second-order valence-corrected chi connectivity index (χ2v) is 8.71. The molecule has 2 rings (SSSR count). The summed E-state index contributed by atoms with van der Waals surface area (Å²) in [4.78, 5) is 1.93. The van der Waals surface area contributed by atoms with E-state index in [0.717, 1.165) is 5.69 Å². The molecule has 0 fully saturated rings. The topological polar surface area (TPSA) is 49.8 Å². The van der Waals surface area contributed by atoms with Crippen molar-refractivity contribution in [3.8, 4) is 0 Å². The van der Waals surface area contributed by atoms with Crippen molar-refractivity contribution in [2.45, 2.75) is 12.8 Å². The second kappa shape index (κ2) is 7.90. The highest BCUT2D eigenvalue weighted by molar-refractivity contribution is 7.67. The summed E-state index contributed by atoms with van der Waals surface area (Å²) in [5.41, 5.74) is 1.17. The Kier molecular flexibility index (Phi) is 6.35. The largest absolute Gasteiger partial charge is 0.378 e. The third-order valence-electron chi connectivity index (χ3n) is 3.63. The Labute approximate surface area is 152 Å². The third kappa shape index (κ3) is 3.79. The predicted molar refractivity (Wildman–Crippen MR) is 101 cm³/mol. The van der Waals surface area contributed by atoms with Crippen molar-refractivity contribution in [3.05, 3.63) is 58.1 Å². The maximum atomic E-state index is 13.5. The van der Waals surface area contributed by atoms with E-state index in [4.69, 9.17) is 27.7 Å². The van der Waals surface area contributed by atoms with Gasteiger partial charge in [0.1, 0.15) is 0 Å². The number of anilines is 1. The van der Waals surface area contributed by atoms with Crippen molar-refractivity contribution >= 4 is 41.6 Å². The molecule has 0 spiro atoms. The van der Waals surface area contributed by atoms with Crippen molar-refractivity contribution in [2.24, 2.45) is 0 Å². The normalized spacial score (nSPS) is 14.9. The Morgan fingerprint density at radius 2 is 1.67 bits per heavy atom. The van der Waals surface area contributed by atoms with Gasteiger partial charge in [-0.15, -0.1) is 0 Å². The summed E-state index contributed by atoms with van der Waals surface area (Å²) < 4.78 is 19.0. The molecule has 0 unspecified atom stereocenters. The number of hydrogen-bond acceptors (Lipinski definition) is 4. The van der Waals surface area contributed by atoms with Crippen molar-refractivity contribution in [2.75, 3.05) is 25.6 Å².